The van der Waals surface area contributed by atoms with E-state index in [0.717, 1.165) is 5.56 Å². The standard InChI is InChI=1S/C20H21Cl2NO2S2/c21-17-4-1-3-14(19(17)22)9-10-23-18(24)13-25-16-7-5-15(6-8-16)20-26-11-2-12-27-20/h1,3-8,20H,2,9-13H2,(H,23,24). The lowest BCUT2D eigenvalue weighted by molar-refractivity contribution is -0.123. The predicted molar refractivity (Wildman–Crippen MR) is 117 cm³/mol. The van der Waals surface area contributed by atoms with Crippen molar-refractivity contribution in [2.45, 2.75) is 17.4 Å². The molecule has 0 bridgehead atoms. The largest absolute Gasteiger partial charge is 0.484 e. The van der Waals surface area contributed by atoms with Gasteiger partial charge in [-0.05, 0) is 53.7 Å². The van der Waals surface area contributed by atoms with Gasteiger partial charge in [-0.2, -0.15) is 0 Å². The zero-order valence-corrected chi connectivity index (χ0v) is 17.9. The third-order valence-electron chi connectivity index (χ3n) is 4.10. The molecule has 3 nitrogen and oxygen atoms in total. The molecule has 0 radical (unpaired) electrons. The second kappa shape index (κ2) is 10.5. The van der Waals surface area contributed by atoms with E-state index in [4.69, 9.17) is 27.9 Å². The maximum absolute atomic E-state index is 12.0. The highest BCUT2D eigenvalue weighted by molar-refractivity contribution is 8.16. The average Bonchev–Trinajstić information content (AvgIpc) is 2.71. The van der Waals surface area contributed by atoms with Gasteiger partial charge in [0.15, 0.2) is 6.61 Å². The summed E-state index contributed by atoms with van der Waals surface area (Å²) in [5.41, 5.74) is 2.22. The summed E-state index contributed by atoms with van der Waals surface area (Å²) in [6.07, 6.45) is 1.90. The molecule has 0 saturated carbocycles. The van der Waals surface area contributed by atoms with Gasteiger partial charge >= 0.3 is 0 Å². The van der Waals surface area contributed by atoms with E-state index in [1.54, 1.807) is 6.07 Å². The first-order valence-electron chi connectivity index (χ1n) is 8.79. The Morgan fingerprint density at radius 1 is 1.11 bits per heavy atom. The summed E-state index contributed by atoms with van der Waals surface area (Å²) in [6.45, 7) is 0.479. The molecule has 1 N–H and O–H groups in total. The molecule has 2 aromatic carbocycles. The summed E-state index contributed by atoms with van der Waals surface area (Å²) in [6, 6.07) is 13.5. The number of halogens is 2. The van der Waals surface area contributed by atoms with Crippen LogP contribution in [0, 0.1) is 0 Å². The molecule has 0 unspecified atom stereocenters. The van der Waals surface area contributed by atoms with Crippen molar-refractivity contribution in [1.82, 2.24) is 5.32 Å². The maximum atomic E-state index is 12.0. The lowest BCUT2D eigenvalue weighted by Gasteiger charge is -2.21. The van der Waals surface area contributed by atoms with E-state index in [-0.39, 0.29) is 12.5 Å². The predicted octanol–water partition coefficient (Wildman–Crippen LogP) is 5.60. The first kappa shape index (κ1) is 20.7. The zero-order chi connectivity index (χ0) is 19.1. The van der Waals surface area contributed by atoms with Gasteiger partial charge in [-0.3, -0.25) is 4.79 Å². The molecule has 3 rings (SSSR count). The Hall–Kier alpha value is -1.01. The molecule has 1 fully saturated rings. The van der Waals surface area contributed by atoms with Crippen molar-refractivity contribution in [2.24, 2.45) is 0 Å². The molecule has 1 heterocycles. The highest BCUT2D eigenvalue weighted by Gasteiger charge is 2.16. The number of hydrogen-bond acceptors (Lipinski definition) is 4. The van der Waals surface area contributed by atoms with Crippen molar-refractivity contribution >= 4 is 52.6 Å². The smallest absolute Gasteiger partial charge is 0.257 e. The van der Waals surface area contributed by atoms with Gasteiger partial charge in [0, 0.05) is 6.54 Å². The van der Waals surface area contributed by atoms with Crippen molar-refractivity contribution in [3.63, 3.8) is 0 Å². The number of carbonyl (C=O) groups is 1. The summed E-state index contributed by atoms with van der Waals surface area (Å²) in [5, 5.41) is 3.90. The third kappa shape index (κ3) is 6.24. The second-order valence-corrected chi connectivity index (χ2v) is 9.61. The topological polar surface area (TPSA) is 38.3 Å². The number of carbonyl (C=O) groups excluding carboxylic acids is 1. The number of ether oxygens (including phenoxy) is 1. The molecule has 1 amide bonds. The maximum Gasteiger partial charge on any atom is 0.257 e. The minimum Gasteiger partial charge on any atom is -0.484 e. The van der Waals surface area contributed by atoms with E-state index in [2.05, 4.69) is 17.4 Å². The molecule has 0 aromatic heterocycles. The van der Waals surface area contributed by atoms with Crippen molar-refractivity contribution in [3.05, 3.63) is 63.6 Å². The molecule has 0 atom stereocenters. The molecule has 2 aromatic rings. The summed E-state index contributed by atoms with van der Waals surface area (Å²) in [4.78, 5) is 12.0. The van der Waals surface area contributed by atoms with Crippen molar-refractivity contribution in [1.29, 1.82) is 0 Å². The monoisotopic (exact) mass is 441 g/mol. The fourth-order valence-electron chi connectivity index (χ4n) is 2.68. The highest BCUT2D eigenvalue weighted by atomic mass is 35.5. The van der Waals surface area contributed by atoms with Crippen molar-refractivity contribution < 1.29 is 9.53 Å². The summed E-state index contributed by atoms with van der Waals surface area (Å²) < 4.78 is 6.09. The van der Waals surface area contributed by atoms with E-state index in [9.17, 15) is 4.79 Å². The van der Waals surface area contributed by atoms with E-state index < -0.39 is 0 Å². The fraction of sp³-hybridized carbons (Fsp3) is 0.350. The number of nitrogens with one attached hydrogen (secondary N) is 1. The molecule has 0 spiro atoms. The average molecular weight is 442 g/mol. The van der Waals surface area contributed by atoms with Gasteiger partial charge in [0.1, 0.15) is 5.75 Å². The Bertz CT molecular complexity index is 765. The molecule has 0 aliphatic carbocycles. The molecular weight excluding hydrogens is 421 g/mol. The van der Waals surface area contributed by atoms with Gasteiger partial charge in [0.05, 0.1) is 14.6 Å². The van der Waals surface area contributed by atoms with Gasteiger partial charge in [0.2, 0.25) is 0 Å². The fourth-order valence-corrected chi connectivity index (χ4v) is 5.99. The summed E-state index contributed by atoms with van der Waals surface area (Å²) in [5.74, 6) is 2.99. The minimum atomic E-state index is -0.157. The van der Waals surface area contributed by atoms with E-state index in [1.807, 2.05) is 47.8 Å². The first-order valence-corrected chi connectivity index (χ1v) is 11.6. The van der Waals surface area contributed by atoms with Crippen LogP contribution in [0.2, 0.25) is 10.0 Å². The van der Waals surface area contributed by atoms with Gasteiger partial charge in [-0.25, -0.2) is 0 Å². The number of thioether (sulfide) groups is 2. The lowest BCUT2D eigenvalue weighted by atomic mass is 10.1. The van der Waals surface area contributed by atoms with Gasteiger partial charge in [-0.15, -0.1) is 23.5 Å². The van der Waals surface area contributed by atoms with Gasteiger partial charge in [0.25, 0.3) is 5.91 Å². The summed E-state index contributed by atoms with van der Waals surface area (Å²) >= 11 is 16.1. The summed E-state index contributed by atoms with van der Waals surface area (Å²) in [7, 11) is 0. The molecular formula is C20H21Cl2NO2S2. The van der Waals surface area contributed by atoms with E-state index >= 15 is 0 Å². The van der Waals surface area contributed by atoms with Crippen LogP contribution in [-0.2, 0) is 11.2 Å². The minimum absolute atomic E-state index is 0.00441. The van der Waals surface area contributed by atoms with Crippen LogP contribution in [0.25, 0.3) is 0 Å². The molecule has 7 heteroatoms. The van der Waals surface area contributed by atoms with Crippen LogP contribution < -0.4 is 10.1 Å². The second-order valence-electron chi connectivity index (χ2n) is 6.10. The van der Waals surface area contributed by atoms with Gasteiger partial charge in [-0.1, -0.05) is 47.5 Å². The van der Waals surface area contributed by atoms with Crippen LogP contribution in [0.5, 0.6) is 5.75 Å². The normalized spacial score (nSPS) is 14.7. The van der Waals surface area contributed by atoms with Crippen LogP contribution in [0.15, 0.2) is 42.5 Å². The number of amides is 1. The Kier molecular flexibility index (Phi) is 8.07. The molecule has 27 heavy (non-hydrogen) atoms. The Morgan fingerprint density at radius 2 is 1.85 bits per heavy atom. The quantitative estimate of drug-likeness (QED) is 0.606. The van der Waals surface area contributed by atoms with E-state index in [1.165, 1.54) is 23.5 Å². The highest BCUT2D eigenvalue weighted by Crippen LogP contribution is 2.43. The Labute approximate surface area is 178 Å². The Balaban J connectivity index is 1.40. The molecule has 144 valence electrons. The number of benzene rings is 2. The Morgan fingerprint density at radius 3 is 2.59 bits per heavy atom. The van der Waals surface area contributed by atoms with Crippen LogP contribution >= 0.6 is 46.7 Å². The molecule has 1 saturated heterocycles. The van der Waals surface area contributed by atoms with Crippen LogP contribution in [0.3, 0.4) is 0 Å². The number of hydrogen-bond donors (Lipinski definition) is 1. The molecule has 1 aliphatic heterocycles. The van der Waals surface area contributed by atoms with Crippen LogP contribution in [-0.4, -0.2) is 30.6 Å². The third-order valence-corrected chi connectivity index (χ3v) is 7.97. The van der Waals surface area contributed by atoms with Crippen LogP contribution in [0.1, 0.15) is 22.1 Å². The SMILES string of the molecule is O=C(COc1ccc(C2SCCCS2)cc1)NCCc1cccc(Cl)c1Cl. The molecule has 1 aliphatic rings. The van der Waals surface area contributed by atoms with Crippen LogP contribution in [0.4, 0.5) is 0 Å². The number of rotatable bonds is 7. The van der Waals surface area contributed by atoms with Crippen molar-refractivity contribution in [2.75, 3.05) is 24.7 Å². The van der Waals surface area contributed by atoms with E-state index in [0.29, 0.717) is 33.3 Å². The van der Waals surface area contributed by atoms with Crippen molar-refractivity contribution in [3.8, 4) is 5.75 Å². The first-order chi connectivity index (χ1) is 13.1. The zero-order valence-electron chi connectivity index (χ0n) is 14.8. The van der Waals surface area contributed by atoms with Gasteiger partial charge < -0.3 is 10.1 Å². The lowest BCUT2D eigenvalue weighted by Crippen LogP contribution is -2.30.